The summed E-state index contributed by atoms with van der Waals surface area (Å²) < 4.78 is 2.17. The maximum Gasteiger partial charge on any atom is 0.439 e. The Kier molecular flexibility index (Phi) is 5.71. The van der Waals surface area contributed by atoms with Crippen LogP contribution in [0.4, 0.5) is 0 Å². The Balaban J connectivity index is 1.36. The maximum atomic E-state index is 5.18. The molecule has 0 atom stereocenters. The quantitative estimate of drug-likeness (QED) is 0.170. The lowest BCUT2D eigenvalue weighted by Gasteiger charge is -2.09. The van der Waals surface area contributed by atoms with Crippen molar-refractivity contribution in [1.29, 1.82) is 0 Å². The van der Waals surface area contributed by atoms with Crippen LogP contribution in [0.3, 0.4) is 0 Å². The summed E-state index contributed by atoms with van der Waals surface area (Å²) in [6.45, 7) is 0. The van der Waals surface area contributed by atoms with Gasteiger partial charge in [-0.2, -0.15) is 4.57 Å². The van der Waals surface area contributed by atoms with Gasteiger partial charge in [-0.1, -0.05) is 107 Å². The molecule has 42 heavy (non-hydrogen) atoms. The third-order valence-electron chi connectivity index (χ3n) is 7.67. The Labute approximate surface area is 242 Å². The second kappa shape index (κ2) is 9.98. The van der Waals surface area contributed by atoms with E-state index in [0.29, 0.717) is 5.95 Å². The van der Waals surface area contributed by atoms with Crippen LogP contribution in [0.2, 0.25) is 0 Å². The molecule has 0 fully saturated rings. The van der Waals surface area contributed by atoms with Crippen molar-refractivity contribution in [3.8, 4) is 51.2 Å². The first-order valence-corrected chi connectivity index (χ1v) is 14.0. The van der Waals surface area contributed by atoms with E-state index in [0.717, 1.165) is 67.1 Å². The van der Waals surface area contributed by atoms with Crippen LogP contribution in [0.5, 0.6) is 0 Å². The van der Waals surface area contributed by atoms with E-state index >= 15 is 0 Å². The highest BCUT2D eigenvalue weighted by atomic mass is 15.2. The van der Waals surface area contributed by atoms with E-state index < -0.39 is 0 Å². The number of pyridine rings is 1. The van der Waals surface area contributed by atoms with Gasteiger partial charge in [-0.15, -0.1) is 0 Å². The van der Waals surface area contributed by atoms with Crippen molar-refractivity contribution in [2.45, 2.75) is 0 Å². The summed E-state index contributed by atoms with van der Waals surface area (Å²) in [5.74, 6) is 0.613. The monoisotopic (exact) mass is 540 g/mol. The summed E-state index contributed by atoms with van der Waals surface area (Å²) in [7, 11) is 0. The predicted octanol–water partition coefficient (Wildman–Crippen LogP) is 8.38. The molecule has 198 valence electrons. The number of hydrogen-bond donors (Lipinski definition) is 2. The summed E-state index contributed by atoms with van der Waals surface area (Å²) >= 11 is 0. The number of aromatic nitrogens is 5. The second-order valence-electron chi connectivity index (χ2n) is 10.3. The Morgan fingerprint density at radius 2 is 0.833 bits per heavy atom. The van der Waals surface area contributed by atoms with Crippen LogP contribution >= 0.6 is 0 Å². The van der Waals surface area contributed by atoms with Gasteiger partial charge in [-0.05, 0) is 53.6 Å². The minimum Gasteiger partial charge on any atom is -0.352 e. The number of aromatic amines is 2. The van der Waals surface area contributed by atoms with Gasteiger partial charge in [-0.25, -0.2) is 0 Å². The van der Waals surface area contributed by atoms with Crippen molar-refractivity contribution in [2.75, 3.05) is 0 Å². The Bertz CT molecular complexity index is 2040. The van der Waals surface area contributed by atoms with Crippen molar-refractivity contribution >= 4 is 21.8 Å². The van der Waals surface area contributed by atoms with Crippen LogP contribution in [0.15, 0.2) is 146 Å². The van der Waals surface area contributed by atoms with Gasteiger partial charge in [0.05, 0.1) is 11.4 Å². The number of fused-ring (bicyclic) bond motifs is 2. The highest BCUT2D eigenvalue weighted by Gasteiger charge is 2.24. The van der Waals surface area contributed by atoms with Crippen LogP contribution in [0, 0.1) is 0 Å². The summed E-state index contributed by atoms with van der Waals surface area (Å²) in [4.78, 5) is 17.6. The summed E-state index contributed by atoms with van der Waals surface area (Å²) in [5, 5.41) is 2.26. The fraction of sp³-hybridized carbons (Fsp3) is 0. The molecule has 0 aliphatic heterocycles. The highest BCUT2D eigenvalue weighted by Crippen LogP contribution is 2.29. The number of nitrogens with zero attached hydrogens (tertiary/aromatic N) is 3. The topological polar surface area (TPSA) is 61.2 Å². The minimum atomic E-state index is 0.613. The molecule has 5 heteroatoms. The maximum absolute atomic E-state index is 5.18. The lowest BCUT2D eigenvalue weighted by molar-refractivity contribution is -0.546. The molecule has 0 bridgehead atoms. The minimum absolute atomic E-state index is 0.613. The number of H-pyrrole nitrogens is 2. The molecule has 4 aromatic heterocycles. The number of para-hydroxylation sites is 2. The standard InChI is InChI=1S/C37H26N5/c1-3-11-25(12-4-1)29-19-21-31(38-29)33-24-34(32-22-20-30(39-32)26-13-5-2-6-14-26)41-37(40-33)42-35-17-9-7-15-27(35)23-28-16-8-10-18-36(28)42/h1-24,38-39H/q+1. The number of nitrogens with one attached hydrogen (secondary N) is 2. The molecule has 0 unspecified atom stereocenters. The van der Waals surface area contributed by atoms with Gasteiger partial charge in [0.25, 0.3) is 0 Å². The van der Waals surface area contributed by atoms with Gasteiger partial charge >= 0.3 is 5.95 Å². The lowest BCUT2D eigenvalue weighted by atomic mass is 10.1. The van der Waals surface area contributed by atoms with Gasteiger partial charge in [-0.3, -0.25) is 0 Å². The Hall–Kier alpha value is -5.81. The van der Waals surface area contributed by atoms with Crippen molar-refractivity contribution < 1.29 is 4.57 Å². The van der Waals surface area contributed by atoms with E-state index in [1.165, 1.54) is 0 Å². The van der Waals surface area contributed by atoms with Crippen molar-refractivity contribution in [1.82, 2.24) is 19.9 Å². The number of benzene rings is 4. The molecule has 0 saturated carbocycles. The fourth-order valence-electron chi connectivity index (χ4n) is 5.61. The van der Waals surface area contributed by atoms with E-state index in [1.807, 2.05) is 12.1 Å². The van der Waals surface area contributed by atoms with Gasteiger partial charge in [0.1, 0.15) is 11.0 Å². The summed E-state index contributed by atoms with van der Waals surface area (Å²) in [6.07, 6.45) is 0. The van der Waals surface area contributed by atoms with Crippen molar-refractivity contribution in [3.05, 3.63) is 146 Å². The van der Waals surface area contributed by atoms with Gasteiger partial charge in [0.15, 0.2) is 11.4 Å². The van der Waals surface area contributed by atoms with Crippen molar-refractivity contribution in [3.63, 3.8) is 0 Å². The molecule has 0 aliphatic carbocycles. The van der Waals surface area contributed by atoms with Crippen molar-refractivity contribution in [2.24, 2.45) is 0 Å². The molecule has 8 aromatic rings. The van der Waals surface area contributed by atoms with Crippen LogP contribution < -0.4 is 4.57 Å². The first-order chi connectivity index (χ1) is 20.8. The molecule has 4 heterocycles. The largest absolute Gasteiger partial charge is 0.439 e. The van der Waals surface area contributed by atoms with Gasteiger partial charge in [0.2, 0.25) is 0 Å². The van der Waals surface area contributed by atoms with Gasteiger partial charge < -0.3 is 9.97 Å². The summed E-state index contributed by atoms with van der Waals surface area (Å²) in [6, 6.07) is 50.1. The van der Waals surface area contributed by atoms with Gasteiger partial charge in [0, 0.05) is 28.2 Å². The molecular formula is C37H26N5+. The van der Waals surface area contributed by atoms with Crippen LogP contribution in [0.25, 0.3) is 73.0 Å². The fourth-order valence-corrected chi connectivity index (χ4v) is 5.61. The van der Waals surface area contributed by atoms with E-state index in [9.17, 15) is 0 Å². The Morgan fingerprint density at radius 3 is 1.33 bits per heavy atom. The smallest absolute Gasteiger partial charge is 0.352 e. The number of rotatable bonds is 5. The molecule has 0 aliphatic rings. The molecule has 0 amide bonds. The first-order valence-electron chi connectivity index (χ1n) is 14.0. The average molecular weight is 541 g/mol. The van der Waals surface area contributed by atoms with E-state index in [2.05, 4.69) is 148 Å². The second-order valence-corrected chi connectivity index (χ2v) is 10.3. The highest BCUT2D eigenvalue weighted by molar-refractivity contribution is 5.89. The van der Waals surface area contributed by atoms with E-state index in [-0.39, 0.29) is 0 Å². The zero-order chi connectivity index (χ0) is 27.9. The molecule has 0 spiro atoms. The third-order valence-corrected chi connectivity index (χ3v) is 7.67. The summed E-state index contributed by atoms with van der Waals surface area (Å²) in [5.41, 5.74) is 9.93. The zero-order valence-corrected chi connectivity index (χ0v) is 22.7. The predicted molar refractivity (Wildman–Crippen MR) is 169 cm³/mol. The van der Waals surface area contributed by atoms with Crippen LogP contribution in [-0.4, -0.2) is 19.9 Å². The Morgan fingerprint density at radius 1 is 0.405 bits per heavy atom. The molecule has 0 radical (unpaired) electrons. The molecular weight excluding hydrogens is 514 g/mol. The zero-order valence-electron chi connectivity index (χ0n) is 22.7. The molecule has 2 N–H and O–H groups in total. The SMILES string of the molecule is c1ccc(-c2ccc(-c3cc(-c4ccc(-c5ccccc5)[nH]4)nc(-[n+]4c5ccccc5cc5ccccc54)n3)[nH]2)cc1. The lowest BCUT2D eigenvalue weighted by Crippen LogP contribution is -2.35. The number of hydrogen-bond acceptors (Lipinski definition) is 2. The van der Waals surface area contributed by atoms with E-state index in [1.54, 1.807) is 0 Å². The molecule has 5 nitrogen and oxygen atoms in total. The molecule has 0 saturated heterocycles. The van der Waals surface area contributed by atoms with Crippen LogP contribution in [-0.2, 0) is 0 Å². The van der Waals surface area contributed by atoms with E-state index in [4.69, 9.17) is 9.97 Å². The third kappa shape index (κ3) is 4.25. The first kappa shape index (κ1) is 24.0. The normalized spacial score (nSPS) is 11.3. The van der Waals surface area contributed by atoms with Crippen LogP contribution in [0.1, 0.15) is 0 Å². The molecule has 4 aromatic carbocycles. The molecule has 8 rings (SSSR count). The average Bonchev–Trinajstić information content (AvgIpc) is 3.76.